The maximum Gasteiger partial charge on any atom is 0.272 e. The highest BCUT2D eigenvalue weighted by atomic mass is 32.2. The van der Waals surface area contributed by atoms with Crippen LogP contribution < -0.4 is 20.7 Å². The minimum absolute atomic E-state index is 0.0394. The second-order valence-corrected chi connectivity index (χ2v) is 10.9. The minimum Gasteiger partial charge on any atom is -0.497 e. The van der Waals surface area contributed by atoms with Gasteiger partial charge in [0.15, 0.2) is 5.78 Å². The zero-order chi connectivity index (χ0) is 30.8. The second-order valence-electron chi connectivity index (χ2n) is 9.52. The van der Waals surface area contributed by atoms with Crippen molar-refractivity contribution in [3.05, 3.63) is 126 Å². The molecule has 1 atom stereocenters. The normalized spacial score (nSPS) is 11.7. The van der Waals surface area contributed by atoms with Gasteiger partial charge in [0.25, 0.3) is 11.8 Å². The fraction of sp³-hybridized carbons (Fsp3) is 0.118. The van der Waals surface area contributed by atoms with Gasteiger partial charge in [-0.1, -0.05) is 30.3 Å². The number of methoxy groups -OCH3 is 1. The third-order valence-electron chi connectivity index (χ3n) is 6.29. The topological polar surface area (TPSA) is 114 Å². The van der Waals surface area contributed by atoms with Crippen LogP contribution in [-0.2, 0) is 9.59 Å². The Kier molecular flexibility index (Phi) is 10.5. The van der Waals surface area contributed by atoms with E-state index < -0.39 is 17.1 Å². The Morgan fingerprint density at radius 3 is 2.07 bits per heavy atom. The van der Waals surface area contributed by atoms with E-state index in [1.807, 2.05) is 0 Å². The lowest BCUT2D eigenvalue weighted by atomic mass is 10.1. The number of nitrogens with one attached hydrogen (secondary N) is 3. The smallest absolute Gasteiger partial charge is 0.272 e. The number of Topliss-reactive ketones (excluding diaryl/α,β-unsaturated/α-hetero) is 1. The predicted molar refractivity (Wildman–Crippen MR) is 170 cm³/mol. The molecule has 43 heavy (non-hydrogen) atoms. The number of thioether (sulfide) groups is 1. The third-order valence-corrected chi connectivity index (χ3v) is 7.40. The molecule has 0 aliphatic heterocycles. The van der Waals surface area contributed by atoms with E-state index >= 15 is 0 Å². The van der Waals surface area contributed by atoms with Crippen molar-refractivity contribution in [1.29, 1.82) is 0 Å². The molecule has 218 valence electrons. The molecular weight excluding hydrogens is 562 g/mol. The van der Waals surface area contributed by atoms with Crippen molar-refractivity contribution < 1.29 is 23.9 Å². The third kappa shape index (κ3) is 8.92. The van der Waals surface area contributed by atoms with Crippen LogP contribution >= 0.6 is 11.8 Å². The van der Waals surface area contributed by atoms with Gasteiger partial charge in [0.05, 0.1) is 12.4 Å². The Bertz CT molecular complexity index is 1640. The maximum absolute atomic E-state index is 13.3. The molecule has 1 unspecified atom stereocenters. The average molecular weight is 594 g/mol. The first-order valence-electron chi connectivity index (χ1n) is 13.4. The zero-order valence-corrected chi connectivity index (χ0v) is 24.7. The van der Waals surface area contributed by atoms with E-state index in [1.54, 1.807) is 123 Å². The number of ketones is 1. The molecule has 0 heterocycles. The predicted octanol–water partition coefficient (Wildman–Crippen LogP) is 6.43. The van der Waals surface area contributed by atoms with E-state index in [9.17, 15) is 19.2 Å². The molecule has 0 radical (unpaired) electrons. The Morgan fingerprint density at radius 2 is 1.42 bits per heavy atom. The van der Waals surface area contributed by atoms with Gasteiger partial charge in [-0.2, -0.15) is 0 Å². The lowest BCUT2D eigenvalue weighted by Crippen LogP contribution is -2.30. The van der Waals surface area contributed by atoms with Gasteiger partial charge in [-0.25, -0.2) is 0 Å². The molecule has 0 saturated heterocycles. The highest BCUT2D eigenvalue weighted by Gasteiger charge is 2.17. The molecule has 0 bridgehead atoms. The van der Waals surface area contributed by atoms with Crippen LogP contribution in [0, 0.1) is 0 Å². The van der Waals surface area contributed by atoms with Gasteiger partial charge in [-0.15, -0.1) is 11.8 Å². The number of hydrogen-bond acceptors (Lipinski definition) is 6. The van der Waals surface area contributed by atoms with Crippen molar-refractivity contribution in [2.75, 3.05) is 17.7 Å². The van der Waals surface area contributed by atoms with E-state index in [0.29, 0.717) is 33.8 Å². The largest absolute Gasteiger partial charge is 0.497 e. The van der Waals surface area contributed by atoms with Crippen LogP contribution in [0.4, 0.5) is 11.4 Å². The van der Waals surface area contributed by atoms with Gasteiger partial charge in [-0.05, 0) is 98.3 Å². The highest BCUT2D eigenvalue weighted by molar-refractivity contribution is 8.00. The van der Waals surface area contributed by atoms with E-state index in [1.165, 1.54) is 18.7 Å². The van der Waals surface area contributed by atoms with Gasteiger partial charge in [0.2, 0.25) is 5.91 Å². The molecule has 0 aromatic heterocycles. The van der Waals surface area contributed by atoms with Crippen molar-refractivity contribution in [2.45, 2.75) is 24.0 Å². The molecule has 0 aliphatic rings. The van der Waals surface area contributed by atoms with Crippen LogP contribution in [0.15, 0.2) is 114 Å². The second kappa shape index (κ2) is 14.7. The van der Waals surface area contributed by atoms with Crippen LogP contribution in [-0.4, -0.2) is 35.9 Å². The van der Waals surface area contributed by atoms with Crippen LogP contribution in [0.1, 0.15) is 40.1 Å². The summed E-state index contributed by atoms with van der Waals surface area (Å²) in [5.74, 6) is -0.526. The van der Waals surface area contributed by atoms with Gasteiger partial charge >= 0.3 is 0 Å². The average Bonchev–Trinajstić information content (AvgIpc) is 3.02. The fourth-order valence-corrected chi connectivity index (χ4v) is 4.81. The summed E-state index contributed by atoms with van der Waals surface area (Å²) in [4.78, 5) is 51.2. The Balaban J connectivity index is 1.42. The van der Waals surface area contributed by atoms with E-state index in [2.05, 4.69) is 16.0 Å². The van der Waals surface area contributed by atoms with Gasteiger partial charge < -0.3 is 20.7 Å². The molecule has 0 aliphatic carbocycles. The standard InChI is InChI=1S/C34H31N3O5S/c1-22(38)25-12-14-27(15-13-25)35-32(39)23(2)43-30-18-16-28(17-19-30)36-34(41)31(21-24-8-7-11-29(20-24)42-3)37-33(40)26-9-5-4-6-10-26/h4-21,23H,1-3H3,(H,35,39)(H,36,41)(H,37,40)/b31-21-. The van der Waals surface area contributed by atoms with Gasteiger partial charge in [-0.3, -0.25) is 19.2 Å². The monoisotopic (exact) mass is 593 g/mol. The quantitative estimate of drug-likeness (QED) is 0.105. The summed E-state index contributed by atoms with van der Waals surface area (Å²) in [7, 11) is 1.55. The van der Waals surface area contributed by atoms with E-state index in [-0.39, 0.29) is 17.4 Å². The summed E-state index contributed by atoms with van der Waals surface area (Å²) in [6, 6.07) is 29.6. The Hall–Kier alpha value is -5.15. The molecule has 4 aromatic carbocycles. The van der Waals surface area contributed by atoms with Crippen molar-refractivity contribution in [1.82, 2.24) is 5.32 Å². The molecule has 0 saturated carbocycles. The summed E-state index contributed by atoms with van der Waals surface area (Å²) in [5, 5.41) is 8.00. The first-order chi connectivity index (χ1) is 20.7. The zero-order valence-electron chi connectivity index (χ0n) is 23.9. The number of carbonyl (C=O) groups excluding carboxylic acids is 4. The molecule has 8 nitrogen and oxygen atoms in total. The summed E-state index contributed by atoms with van der Waals surface area (Å²) >= 11 is 1.37. The van der Waals surface area contributed by atoms with Gasteiger partial charge in [0, 0.05) is 27.4 Å². The van der Waals surface area contributed by atoms with Crippen molar-refractivity contribution in [3.8, 4) is 5.75 Å². The molecule has 4 aromatic rings. The summed E-state index contributed by atoms with van der Waals surface area (Å²) in [5.41, 5.74) is 2.85. The van der Waals surface area contributed by atoms with Crippen LogP contribution in [0.5, 0.6) is 5.75 Å². The molecule has 4 rings (SSSR count). The SMILES string of the molecule is COc1cccc(/C=C(\NC(=O)c2ccccc2)C(=O)Nc2ccc(SC(C)C(=O)Nc3ccc(C(C)=O)cc3)cc2)c1. The Labute approximate surface area is 254 Å². The molecule has 9 heteroatoms. The molecule has 3 N–H and O–H groups in total. The number of ether oxygens (including phenoxy) is 1. The minimum atomic E-state index is -0.504. The number of amides is 3. The number of carbonyl (C=O) groups is 4. The Morgan fingerprint density at radius 1 is 0.767 bits per heavy atom. The molecule has 3 amide bonds. The first-order valence-corrected chi connectivity index (χ1v) is 14.3. The first kappa shape index (κ1) is 30.8. The van der Waals surface area contributed by atoms with Crippen molar-refractivity contribution in [2.24, 2.45) is 0 Å². The van der Waals surface area contributed by atoms with Crippen molar-refractivity contribution >= 4 is 52.7 Å². The highest BCUT2D eigenvalue weighted by Crippen LogP contribution is 2.26. The molecular formula is C34H31N3O5S. The lowest BCUT2D eigenvalue weighted by Gasteiger charge is -2.14. The summed E-state index contributed by atoms with van der Waals surface area (Å²) < 4.78 is 5.28. The number of hydrogen-bond donors (Lipinski definition) is 3. The van der Waals surface area contributed by atoms with Crippen LogP contribution in [0.3, 0.4) is 0 Å². The van der Waals surface area contributed by atoms with Crippen molar-refractivity contribution in [3.63, 3.8) is 0 Å². The maximum atomic E-state index is 13.3. The number of rotatable bonds is 11. The molecule has 0 fully saturated rings. The van der Waals surface area contributed by atoms with E-state index in [0.717, 1.165) is 4.90 Å². The lowest BCUT2D eigenvalue weighted by molar-refractivity contribution is -0.115. The van der Waals surface area contributed by atoms with E-state index in [4.69, 9.17) is 4.74 Å². The number of benzene rings is 4. The molecule has 0 spiro atoms. The summed E-state index contributed by atoms with van der Waals surface area (Å²) in [6.45, 7) is 3.29. The summed E-state index contributed by atoms with van der Waals surface area (Å²) in [6.07, 6.45) is 1.58. The fourth-order valence-electron chi connectivity index (χ4n) is 3.95. The van der Waals surface area contributed by atoms with Gasteiger partial charge in [0.1, 0.15) is 11.4 Å². The van der Waals surface area contributed by atoms with Crippen LogP contribution in [0.2, 0.25) is 0 Å². The van der Waals surface area contributed by atoms with Crippen LogP contribution in [0.25, 0.3) is 6.08 Å². The number of anilines is 2.